The SMILES string of the molecule is O=C1c2cc3c(cc2C2=Nc4ccc([N+](=O)[O-])cc4CN12)OCO3. The number of aliphatic imine (C=N–C) groups is 1. The van der Waals surface area contributed by atoms with Gasteiger partial charge in [0.05, 0.1) is 22.7 Å². The Hall–Kier alpha value is -3.42. The Kier molecular flexibility index (Phi) is 2.35. The predicted molar refractivity (Wildman–Crippen MR) is 81.7 cm³/mol. The summed E-state index contributed by atoms with van der Waals surface area (Å²) in [6.45, 7) is 0.380. The molecule has 0 unspecified atom stereocenters. The van der Waals surface area contributed by atoms with Crippen molar-refractivity contribution < 1.29 is 19.2 Å². The summed E-state index contributed by atoms with van der Waals surface area (Å²) in [7, 11) is 0. The normalized spacial score (nSPS) is 16.4. The standard InChI is InChI=1S/C16H9N3O5/c20-16-11-5-14-13(23-7-24-14)4-10(11)15-17-12-2-1-9(19(21)22)3-8(12)6-18(15)16/h1-5H,6-7H2. The fourth-order valence-corrected chi connectivity index (χ4v) is 3.16. The van der Waals surface area contributed by atoms with Gasteiger partial charge in [-0.15, -0.1) is 0 Å². The second kappa shape index (κ2) is 4.31. The van der Waals surface area contributed by atoms with Crippen LogP contribution in [-0.4, -0.2) is 28.4 Å². The number of hydrogen-bond acceptors (Lipinski definition) is 6. The highest BCUT2D eigenvalue weighted by atomic mass is 16.7. The van der Waals surface area contributed by atoms with Crippen LogP contribution in [0.25, 0.3) is 0 Å². The lowest BCUT2D eigenvalue weighted by Gasteiger charge is -2.23. The number of rotatable bonds is 1. The minimum Gasteiger partial charge on any atom is -0.454 e. The van der Waals surface area contributed by atoms with Gasteiger partial charge in [-0.3, -0.25) is 19.8 Å². The van der Waals surface area contributed by atoms with Crippen molar-refractivity contribution in [3.05, 3.63) is 57.1 Å². The van der Waals surface area contributed by atoms with Crippen molar-refractivity contribution in [3.63, 3.8) is 0 Å². The maximum Gasteiger partial charge on any atom is 0.269 e. The molecule has 3 heterocycles. The summed E-state index contributed by atoms with van der Waals surface area (Å²) >= 11 is 0. The minimum atomic E-state index is -0.459. The summed E-state index contributed by atoms with van der Waals surface area (Å²) in [5, 5.41) is 10.9. The third-order valence-corrected chi connectivity index (χ3v) is 4.31. The number of amides is 1. The molecular weight excluding hydrogens is 314 g/mol. The first-order valence-electron chi connectivity index (χ1n) is 7.24. The van der Waals surface area contributed by atoms with E-state index in [2.05, 4.69) is 4.99 Å². The van der Waals surface area contributed by atoms with Crippen LogP contribution in [0.3, 0.4) is 0 Å². The van der Waals surface area contributed by atoms with Gasteiger partial charge in [0.15, 0.2) is 11.5 Å². The second-order valence-electron chi connectivity index (χ2n) is 5.65. The van der Waals surface area contributed by atoms with E-state index in [0.29, 0.717) is 39.7 Å². The maximum absolute atomic E-state index is 12.7. The number of carbonyl (C=O) groups excluding carboxylic acids is 1. The molecular formula is C16H9N3O5. The molecule has 2 aromatic carbocycles. The number of non-ortho nitro benzene ring substituents is 1. The van der Waals surface area contributed by atoms with Gasteiger partial charge >= 0.3 is 0 Å². The first kappa shape index (κ1) is 13.1. The van der Waals surface area contributed by atoms with Crippen molar-refractivity contribution in [1.29, 1.82) is 0 Å². The Morgan fingerprint density at radius 2 is 1.88 bits per heavy atom. The summed E-state index contributed by atoms with van der Waals surface area (Å²) < 4.78 is 10.7. The van der Waals surface area contributed by atoms with Crippen LogP contribution >= 0.6 is 0 Å². The van der Waals surface area contributed by atoms with E-state index in [-0.39, 0.29) is 24.9 Å². The summed E-state index contributed by atoms with van der Waals surface area (Å²) in [6, 6.07) is 7.89. The van der Waals surface area contributed by atoms with Crippen LogP contribution in [-0.2, 0) is 6.54 Å². The molecule has 5 rings (SSSR count). The van der Waals surface area contributed by atoms with E-state index < -0.39 is 4.92 Å². The quantitative estimate of drug-likeness (QED) is 0.593. The monoisotopic (exact) mass is 323 g/mol. The van der Waals surface area contributed by atoms with Crippen LogP contribution < -0.4 is 9.47 Å². The Balaban J connectivity index is 1.67. The van der Waals surface area contributed by atoms with Gasteiger partial charge in [0, 0.05) is 23.3 Å². The fourth-order valence-electron chi connectivity index (χ4n) is 3.16. The zero-order valence-corrected chi connectivity index (χ0v) is 12.2. The Bertz CT molecular complexity index is 982. The zero-order chi connectivity index (χ0) is 16.4. The van der Waals surface area contributed by atoms with Gasteiger partial charge in [-0.05, 0) is 18.2 Å². The molecule has 2 aromatic rings. The van der Waals surface area contributed by atoms with Gasteiger partial charge in [0.25, 0.3) is 11.6 Å². The van der Waals surface area contributed by atoms with Crippen molar-refractivity contribution in [3.8, 4) is 11.5 Å². The molecule has 0 radical (unpaired) electrons. The fraction of sp³-hybridized carbons (Fsp3) is 0.125. The number of ether oxygens (including phenoxy) is 2. The Morgan fingerprint density at radius 3 is 2.62 bits per heavy atom. The summed E-state index contributed by atoms with van der Waals surface area (Å²) in [5.41, 5.74) is 2.45. The van der Waals surface area contributed by atoms with Crippen LogP contribution in [0.5, 0.6) is 11.5 Å². The molecule has 1 amide bonds. The van der Waals surface area contributed by atoms with E-state index in [1.807, 2.05) is 0 Å². The molecule has 3 aliphatic rings. The van der Waals surface area contributed by atoms with Gasteiger partial charge in [-0.2, -0.15) is 0 Å². The number of fused-ring (bicyclic) bond motifs is 5. The van der Waals surface area contributed by atoms with Crippen molar-refractivity contribution >= 4 is 23.1 Å². The summed E-state index contributed by atoms with van der Waals surface area (Å²) in [4.78, 5) is 29.2. The number of benzene rings is 2. The molecule has 0 bridgehead atoms. The molecule has 0 aliphatic carbocycles. The number of nitro benzene ring substituents is 1. The van der Waals surface area contributed by atoms with Crippen LogP contribution in [0.2, 0.25) is 0 Å². The predicted octanol–water partition coefficient (Wildman–Crippen LogP) is 2.37. The van der Waals surface area contributed by atoms with Gasteiger partial charge in [-0.25, -0.2) is 4.99 Å². The van der Waals surface area contributed by atoms with Crippen LogP contribution in [0, 0.1) is 10.1 Å². The van der Waals surface area contributed by atoms with Gasteiger partial charge < -0.3 is 9.47 Å². The smallest absolute Gasteiger partial charge is 0.269 e. The maximum atomic E-state index is 12.7. The average molecular weight is 323 g/mol. The number of carbonyl (C=O) groups is 1. The van der Waals surface area contributed by atoms with Crippen molar-refractivity contribution in [2.45, 2.75) is 6.54 Å². The van der Waals surface area contributed by atoms with Crippen LogP contribution in [0.4, 0.5) is 11.4 Å². The van der Waals surface area contributed by atoms with Gasteiger partial charge in [0.1, 0.15) is 5.84 Å². The Labute approximate surface area is 135 Å². The molecule has 0 fully saturated rings. The zero-order valence-electron chi connectivity index (χ0n) is 12.2. The molecule has 0 aromatic heterocycles. The lowest BCUT2D eigenvalue weighted by Crippen LogP contribution is -2.31. The molecule has 8 nitrogen and oxygen atoms in total. The summed E-state index contributed by atoms with van der Waals surface area (Å²) in [6.07, 6.45) is 0. The molecule has 0 saturated heterocycles. The van der Waals surface area contributed by atoms with E-state index in [4.69, 9.17) is 9.47 Å². The van der Waals surface area contributed by atoms with E-state index in [0.717, 1.165) is 0 Å². The average Bonchev–Trinajstić information content (AvgIpc) is 3.14. The molecule has 24 heavy (non-hydrogen) atoms. The molecule has 0 N–H and O–H groups in total. The third-order valence-electron chi connectivity index (χ3n) is 4.31. The number of nitro groups is 1. The largest absolute Gasteiger partial charge is 0.454 e. The highest BCUT2D eigenvalue weighted by molar-refractivity contribution is 6.24. The van der Waals surface area contributed by atoms with E-state index >= 15 is 0 Å². The first-order valence-corrected chi connectivity index (χ1v) is 7.24. The topological polar surface area (TPSA) is 94.3 Å². The Morgan fingerprint density at radius 1 is 1.12 bits per heavy atom. The molecule has 118 valence electrons. The third kappa shape index (κ3) is 1.62. The van der Waals surface area contributed by atoms with Crippen LogP contribution in [0.15, 0.2) is 35.3 Å². The van der Waals surface area contributed by atoms with Crippen molar-refractivity contribution in [2.75, 3.05) is 6.79 Å². The van der Waals surface area contributed by atoms with E-state index in [1.165, 1.54) is 17.0 Å². The highest BCUT2D eigenvalue weighted by Gasteiger charge is 2.38. The summed E-state index contributed by atoms with van der Waals surface area (Å²) in [5.74, 6) is 1.46. The van der Waals surface area contributed by atoms with Crippen molar-refractivity contribution in [1.82, 2.24) is 4.90 Å². The number of amidine groups is 1. The van der Waals surface area contributed by atoms with Crippen molar-refractivity contribution in [2.24, 2.45) is 4.99 Å². The van der Waals surface area contributed by atoms with Crippen LogP contribution in [0.1, 0.15) is 21.5 Å². The molecule has 8 heteroatoms. The second-order valence-corrected chi connectivity index (χ2v) is 5.65. The number of hydrogen-bond donors (Lipinski definition) is 0. The lowest BCUT2D eigenvalue weighted by atomic mass is 10.1. The van der Waals surface area contributed by atoms with Gasteiger partial charge in [0.2, 0.25) is 6.79 Å². The molecule has 3 aliphatic heterocycles. The first-order chi connectivity index (χ1) is 11.6. The van der Waals surface area contributed by atoms with Gasteiger partial charge in [-0.1, -0.05) is 0 Å². The van der Waals surface area contributed by atoms with E-state index in [1.54, 1.807) is 18.2 Å². The number of nitrogens with zero attached hydrogens (tertiary/aromatic N) is 3. The molecule has 0 saturated carbocycles. The van der Waals surface area contributed by atoms with E-state index in [9.17, 15) is 14.9 Å². The highest BCUT2D eigenvalue weighted by Crippen LogP contribution is 2.41. The molecule has 0 atom stereocenters. The minimum absolute atomic E-state index is 0.0164. The molecule has 0 spiro atoms. The lowest BCUT2D eigenvalue weighted by molar-refractivity contribution is -0.384.